The van der Waals surface area contributed by atoms with Crippen LogP contribution in [-0.2, 0) is 0 Å². The molecule has 0 saturated heterocycles. The largest absolute Gasteiger partial charge is 0.330 e. The molecule has 0 radical (unpaired) electrons. The Labute approximate surface area is 76.1 Å². The Morgan fingerprint density at radius 2 is 2.00 bits per heavy atom. The van der Waals surface area contributed by atoms with Crippen LogP contribution in [0, 0.1) is 0 Å². The molecule has 0 unspecified atom stereocenters. The van der Waals surface area contributed by atoms with Gasteiger partial charge in [-0.2, -0.15) is 0 Å². The van der Waals surface area contributed by atoms with Gasteiger partial charge in [0.1, 0.15) is 0 Å². The Morgan fingerprint density at radius 1 is 1.42 bits per heavy atom. The second kappa shape index (κ2) is 3.75. The van der Waals surface area contributed by atoms with Gasteiger partial charge in [0.15, 0.2) is 0 Å². The number of hydrogen-bond acceptors (Lipinski definition) is 2. The zero-order valence-corrected chi connectivity index (χ0v) is 8.64. The van der Waals surface area contributed by atoms with E-state index in [1.54, 1.807) is 0 Å². The minimum atomic E-state index is 0.292. The van der Waals surface area contributed by atoms with E-state index in [-0.39, 0.29) is 0 Å². The lowest BCUT2D eigenvalue weighted by Gasteiger charge is -2.45. The van der Waals surface area contributed by atoms with E-state index in [0.29, 0.717) is 5.54 Å². The van der Waals surface area contributed by atoms with Crippen LogP contribution in [0.2, 0.25) is 0 Å². The minimum absolute atomic E-state index is 0.292. The molecule has 0 heterocycles. The molecule has 0 amide bonds. The van der Waals surface area contributed by atoms with Crippen LogP contribution in [0.1, 0.15) is 39.5 Å². The van der Waals surface area contributed by atoms with Crippen LogP contribution in [-0.4, -0.2) is 30.1 Å². The van der Waals surface area contributed by atoms with E-state index >= 15 is 0 Å². The van der Waals surface area contributed by atoms with Crippen LogP contribution in [0.4, 0.5) is 0 Å². The fraction of sp³-hybridized carbons (Fsp3) is 1.00. The van der Waals surface area contributed by atoms with Gasteiger partial charge in [0, 0.05) is 11.6 Å². The molecule has 0 aromatic rings. The minimum Gasteiger partial charge on any atom is -0.330 e. The molecule has 2 heteroatoms. The van der Waals surface area contributed by atoms with Crippen molar-refractivity contribution >= 4 is 0 Å². The molecule has 0 aromatic heterocycles. The SMILES string of the molecule is CN(C1CCC1)C(C)(C)CCN. The summed E-state index contributed by atoms with van der Waals surface area (Å²) in [5.41, 5.74) is 5.88. The van der Waals surface area contributed by atoms with Crippen molar-refractivity contribution in [1.29, 1.82) is 0 Å². The molecule has 2 N–H and O–H groups in total. The molecule has 1 rings (SSSR count). The van der Waals surface area contributed by atoms with Crippen molar-refractivity contribution in [2.24, 2.45) is 5.73 Å². The summed E-state index contributed by atoms with van der Waals surface area (Å²) in [5, 5.41) is 0. The summed E-state index contributed by atoms with van der Waals surface area (Å²) < 4.78 is 0. The van der Waals surface area contributed by atoms with Gasteiger partial charge in [-0.15, -0.1) is 0 Å². The lowest BCUT2D eigenvalue weighted by atomic mass is 9.87. The summed E-state index contributed by atoms with van der Waals surface area (Å²) in [4.78, 5) is 2.50. The molecular formula is C10H22N2. The van der Waals surface area contributed by atoms with Gasteiger partial charge < -0.3 is 5.73 Å². The first kappa shape index (κ1) is 10.0. The zero-order chi connectivity index (χ0) is 9.19. The number of nitrogens with two attached hydrogens (primary N) is 1. The summed E-state index contributed by atoms with van der Waals surface area (Å²) in [6.07, 6.45) is 5.27. The van der Waals surface area contributed by atoms with E-state index < -0.39 is 0 Å². The predicted molar refractivity (Wildman–Crippen MR) is 53.2 cm³/mol. The highest BCUT2D eigenvalue weighted by molar-refractivity contribution is 4.88. The fourth-order valence-electron chi connectivity index (χ4n) is 1.80. The highest BCUT2D eigenvalue weighted by atomic mass is 15.2. The zero-order valence-electron chi connectivity index (χ0n) is 8.64. The lowest BCUT2D eigenvalue weighted by molar-refractivity contribution is 0.0524. The van der Waals surface area contributed by atoms with Crippen LogP contribution in [0.5, 0.6) is 0 Å². The number of rotatable bonds is 4. The Balaban J connectivity index is 2.41. The van der Waals surface area contributed by atoms with E-state index in [1.165, 1.54) is 19.3 Å². The van der Waals surface area contributed by atoms with Crippen LogP contribution in [0.25, 0.3) is 0 Å². The van der Waals surface area contributed by atoms with E-state index in [1.807, 2.05) is 0 Å². The van der Waals surface area contributed by atoms with Crippen LogP contribution >= 0.6 is 0 Å². The average molecular weight is 170 g/mol. The van der Waals surface area contributed by atoms with E-state index in [0.717, 1.165) is 19.0 Å². The van der Waals surface area contributed by atoms with E-state index in [4.69, 9.17) is 5.73 Å². The first-order chi connectivity index (χ1) is 5.58. The Hall–Kier alpha value is -0.0800. The van der Waals surface area contributed by atoms with Crippen LogP contribution < -0.4 is 5.73 Å². The maximum absolute atomic E-state index is 5.59. The van der Waals surface area contributed by atoms with Crippen molar-refractivity contribution in [2.75, 3.05) is 13.6 Å². The maximum Gasteiger partial charge on any atom is 0.0165 e. The normalized spacial score (nSPS) is 19.8. The molecule has 1 fully saturated rings. The predicted octanol–water partition coefficient (Wildman–Crippen LogP) is 1.60. The fourth-order valence-corrected chi connectivity index (χ4v) is 1.80. The monoisotopic (exact) mass is 170 g/mol. The smallest absolute Gasteiger partial charge is 0.0165 e. The topological polar surface area (TPSA) is 29.3 Å². The maximum atomic E-state index is 5.59. The van der Waals surface area contributed by atoms with Crippen molar-refractivity contribution in [3.05, 3.63) is 0 Å². The third-order valence-corrected chi connectivity index (χ3v) is 3.33. The van der Waals surface area contributed by atoms with Crippen molar-refractivity contribution in [2.45, 2.75) is 51.1 Å². The molecule has 72 valence electrons. The Morgan fingerprint density at radius 3 is 2.33 bits per heavy atom. The standard InChI is InChI=1S/C10H22N2/c1-10(2,7-8-11)12(3)9-5-4-6-9/h9H,4-8,11H2,1-3H3. The second-order valence-electron chi connectivity index (χ2n) is 4.55. The third-order valence-electron chi connectivity index (χ3n) is 3.33. The molecule has 2 nitrogen and oxygen atoms in total. The Bertz CT molecular complexity index is 139. The number of hydrogen-bond donors (Lipinski definition) is 1. The third kappa shape index (κ3) is 1.99. The van der Waals surface area contributed by atoms with Gasteiger partial charge in [0.25, 0.3) is 0 Å². The summed E-state index contributed by atoms with van der Waals surface area (Å²) in [7, 11) is 2.24. The van der Waals surface area contributed by atoms with Crippen molar-refractivity contribution in [3.8, 4) is 0 Å². The van der Waals surface area contributed by atoms with Crippen molar-refractivity contribution < 1.29 is 0 Å². The quantitative estimate of drug-likeness (QED) is 0.694. The van der Waals surface area contributed by atoms with Crippen molar-refractivity contribution in [3.63, 3.8) is 0 Å². The van der Waals surface area contributed by atoms with Gasteiger partial charge in [0.2, 0.25) is 0 Å². The van der Waals surface area contributed by atoms with Gasteiger partial charge in [-0.25, -0.2) is 0 Å². The Kier molecular flexibility index (Phi) is 3.13. The summed E-state index contributed by atoms with van der Waals surface area (Å²) in [6, 6.07) is 0.826. The molecular weight excluding hydrogens is 148 g/mol. The van der Waals surface area contributed by atoms with Crippen LogP contribution in [0.3, 0.4) is 0 Å². The van der Waals surface area contributed by atoms with Crippen molar-refractivity contribution in [1.82, 2.24) is 4.90 Å². The molecule has 0 aliphatic heterocycles. The molecule has 0 spiro atoms. The van der Waals surface area contributed by atoms with Crippen LogP contribution in [0.15, 0.2) is 0 Å². The highest BCUT2D eigenvalue weighted by Gasteiger charge is 2.31. The molecule has 0 atom stereocenters. The lowest BCUT2D eigenvalue weighted by Crippen LogP contribution is -2.50. The van der Waals surface area contributed by atoms with E-state index in [9.17, 15) is 0 Å². The second-order valence-corrected chi connectivity index (χ2v) is 4.55. The molecule has 0 bridgehead atoms. The molecule has 0 aromatic carbocycles. The first-order valence-electron chi connectivity index (χ1n) is 5.01. The van der Waals surface area contributed by atoms with Gasteiger partial charge in [-0.3, -0.25) is 4.90 Å². The van der Waals surface area contributed by atoms with Gasteiger partial charge >= 0.3 is 0 Å². The first-order valence-corrected chi connectivity index (χ1v) is 5.01. The summed E-state index contributed by atoms with van der Waals surface area (Å²) in [6.45, 7) is 5.38. The average Bonchev–Trinajstić information content (AvgIpc) is 1.83. The molecule has 1 saturated carbocycles. The van der Waals surface area contributed by atoms with Gasteiger partial charge in [0.05, 0.1) is 0 Å². The summed E-state index contributed by atoms with van der Waals surface area (Å²) in [5.74, 6) is 0. The van der Waals surface area contributed by atoms with E-state index in [2.05, 4.69) is 25.8 Å². The number of nitrogens with zero attached hydrogens (tertiary/aromatic N) is 1. The van der Waals surface area contributed by atoms with Gasteiger partial charge in [-0.1, -0.05) is 6.42 Å². The molecule has 1 aliphatic carbocycles. The molecule has 1 aliphatic rings. The highest BCUT2D eigenvalue weighted by Crippen LogP contribution is 2.30. The summed E-state index contributed by atoms with van der Waals surface area (Å²) >= 11 is 0. The van der Waals surface area contributed by atoms with Gasteiger partial charge in [-0.05, 0) is 46.7 Å². The molecule has 12 heavy (non-hydrogen) atoms.